The first-order valence-electron chi connectivity index (χ1n) is 14.3. The molecule has 4 N–H and O–H groups in total. The zero-order valence-electron chi connectivity index (χ0n) is 23.9. The van der Waals surface area contributed by atoms with Crippen LogP contribution in [-0.4, -0.2) is 53.1 Å². The van der Waals surface area contributed by atoms with Crippen LogP contribution in [0.3, 0.4) is 0 Å². The smallest absolute Gasteiger partial charge is 0.341 e. The summed E-state index contributed by atoms with van der Waals surface area (Å²) in [7, 11) is 1.90. The topological polar surface area (TPSA) is 149 Å². The molecule has 0 bridgehead atoms. The van der Waals surface area contributed by atoms with Crippen LogP contribution in [0.4, 0.5) is 5.82 Å². The molecule has 3 aromatic rings. The predicted octanol–water partition coefficient (Wildman–Crippen LogP) is 3.74. The quantitative estimate of drug-likeness (QED) is 0.309. The number of esters is 1. The van der Waals surface area contributed by atoms with Gasteiger partial charge in [0, 0.05) is 29.8 Å². The number of benzene rings is 1. The molecule has 3 aliphatic heterocycles. The first-order valence-corrected chi connectivity index (χ1v) is 14.3. The molecule has 2 saturated heterocycles. The van der Waals surface area contributed by atoms with E-state index in [9.17, 15) is 14.7 Å². The number of epoxide rings is 1. The van der Waals surface area contributed by atoms with Gasteiger partial charge in [-0.3, -0.25) is 4.79 Å². The number of hydrogen-bond donors (Lipinski definition) is 3. The minimum Gasteiger partial charge on any atom is -0.507 e. The first-order chi connectivity index (χ1) is 19.5. The fourth-order valence-electron chi connectivity index (χ4n) is 6.85. The fraction of sp³-hybridized carbons (Fsp3) is 0.516. The van der Waals surface area contributed by atoms with Gasteiger partial charge in [-0.1, -0.05) is 0 Å². The van der Waals surface area contributed by atoms with Gasteiger partial charge in [-0.25, -0.2) is 9.78 Å². The van der Waals surface area contributed by atoms with Gasteiger partial charge < -0.3 is 34.8 Å². The lowest BCUT2D eigenvalue weighted by atomic mass is 9.75. The molecule has 0 amide bonds. The Morgan fingerprint density at radius 1 is 1.22 bits per heavy atom. The molecule has 218 valence electrons. The molecule has 0 radical (unpaired) electrons. The van der Waals surface area contributed by atoms with Crippen LogP contribution in [-0.2, 0) is 20.7 Å². The summed E-state index contributed by atoms with van der Waals surface area (Å²) in [5.74, 6) is 0.482. The van der Waals surface area contributed by atoms with Crippen LogP contribution in [0, 0.1) is 12.8 Å². The van der Waals surface area contributed by atoms with Crippen molar-refractivity contribution in [1.82, 2.24) is 10.3 Å². The first kappa shape index (κ1) is 27.5. The third-order valence-corrected chi connectivity index (χ3v) is 8.85. The number of aryl methyl sites for hydroxylation is 2. The van der Waals surface area contributed by atoms with Crippen LogP contribution in [0.2, 0.25) is 0 Å². The van der Waals surface area contributed by atoms with Crippen molar-refractivity contribution >= 4 is 22.8 Å². The number of fused-ring (bicyclic) bond motifs is 4. The maximum atomic E-state index is 13.9. The van der Waals surface area contributed by atoms with Gasteiger partial charge >= 0.3 is 5.97 Å². The minimum atomic E-state index is -1.03. The molecule has 1 aromatic carbocycles. The number of carbonyl (C=O) groups excluding carboxylic acids is 1. The maximum Gasteiger partial charge on any atom is 0.341 e. The Labute approximate surface area is 238 Å². The number of phenolic OH excluding ortho intramolecular Hbond substituents is 1. The van der Waals surface area contributed by atoms with E-state index in [1.165, 1.54) is 6.07 Å². The van der Waals surface area contributed by atoms with Crippen molar-refractivity contribution in [2.45, 2.75) is 82.2 Å². The number of ether oxygens (including phenoxy) is 3. The highest BCUT2D eigenvalue weighted by Crippen LogP contribution is 2.54. The van der Waals surface area contributed by atoms with Crippen molar-refractivity contribution in [1.29, 1.82) is 0 Å². The Hall–Kier alpha value is -3.63. The van der Waals surface area contributed by atoms with Gasteiger partial charge in [-0.2, -0.15) is 0 Å². The summed E-state index contributed by atoms with van der Waals surface area (Å²) in [5.41, 5.74) is 5.33. The Morgan fingerprint density at radius 3 is 2.78 bits per heavy atom. The molecule has 5 heterocycles. The van der Waals surface area contributed by atoms with Gasteiger partial charge in [0.05, 0.1) is 6.10 Å². The van der Waals surface area contributed by atoms with Crippen molar-refractivity contribution < 1.29 is 28.5 Å². The van der Waals surface area contributed by atoms with Crippen molar-refractivity contribution in [3.05, 3.63) is 57.6 Å². The molecule has 1 spiro atoms. The zero-order valence-corrected chi connectivity index (χ0v) is 23.9. The van der Waals surface area contributed by atoms with E-state index in [0.717, 1.165) is 12.0 Å². The van der Waals surface area contributed by atoms with E-state index in [1.807, 2.05) is 33.0 Å². The molecular formula is C31H37N3O7. The lowest BCUT2D eigenvalue weighted by Crippen LogP contribution is -2.52. The second kappa shape index (κ2) is 10.0. The lowest BCUT2D eigenvalue weighted by Gasteiger charge is -2.45. The number of carbonyl (C=O) groups is 1. The number of nitrogen functional groups attached to an aromatic ring is 1. The SMILES string of the molecule is CNC[C@@H]1CC[C@]2(O[C@@H]2CCc2ccnc(N)c2)C(=O)O[C@@H]2[C@@H](C1)c1c(cc3oc(C)cc(=O)c3c1O)OC2(C)C. The monoisotopic (exact) mass is 563 g/mol. The normalized spacial score (nSPS) is 28.5. The second-order valence-corrected chi connectivity index (χ2v) is 12.2. The number of nitrogens with zero attached hydrogens (tertiary/aromatic N) is 1. The summed E-state index contributed by atoms with van der Waals surface area (Å²) in [6.07, 6.45) is 3.90. The van der Waals surface area contributed by atoms with E-state index < -0.39 is 29.2 Å². The summed E-state index contributed by atoms with van der Waals surface area (Å²) >= 11 is 0. The number of nitrogens with two attached hydrogens (primary N) is 1. The molecule has 0 saturated carbocycles. The van der Waals surface area contributed by atoms with Crippen molar-refractivity contribution in [3.63, 3.8) is 0 Å². The summed E-state index contributed by atoms with van der Waals surface area (Å²) < 4.78 is 24.7. The highest BCUT2D eigenvalue weighted by molar-refractivity contribution is 5.88. The van der Waals surface area contributed by atoms with Gasteiger partial charge in [0.2, 0.25) is 0 Å². The number of pyridine rings is 1. The molecule has 41 heavy (non-hydrogen) atoms. The van der Waals surface area contributed by atoms with Crippen LogP contribution < -0.4 is 21.2 Å². The molecular weight excluding hydrogens is 526 g/mol. The highest BCUT2D eigenvalue weighted by Gasteiger charge is 2.65. The van der Waals surface area contributed by atoms with E-state index in [1.54, 1.807) is 19.2 Å². The van der Waals surface area contributed by atoms with E-state index in [-0.39, 0.29) is 34.2 Å². The maximum absolute atomic E-state index is 13.9. The lowest BCUT2D eigenvalue weighted by molar-refractivity contribution is -0.170. The Balaban J connectivity index is 1.36. The molecule has 0 unspecified atom stereocenters. The molecule has 2 aromatic heterocycles. The Bertz CT molecular complexity index is 1570. The molecule has 5 atom stereocenters. The summed E-state index contributed by atoms with van der Waals surface area (Å²) in [6.45, 7) is 6.16. The number of phenols is 1. The van der Waals surface area contributed by atoms with Gasteiger partial charge in [-0.15, -0.1) is 0 Å². The number of hydrogen-bond acceptors (Lipinski definition) is 10. The Morgan fingerprint density at radius 2 is 2.02 bits per heavy atom. The molecule has 10 nitrogen and oxygen atoms in total. The van der Waals surface area contributed by atoms with Crippen LogP contribution in [0.25, 0.3) is 11.0 Å². The van der Waals surface area contributed by atoms with Crippen molar-refractivity contribution in [2.24, 2.45) is 5.92 Å². The minimum absolute atomic E-state index is 0.103. The number of nitrogens with one attached hydrogen (secondary N) is 1. The number of aromatic nitrogens is 1. The van der Waals surface area contributed by atoms with Crippen LogP contribution in [0.1, 0.15) is 62.3 Å². The molecule has 10 heteroatoms. The Kier molecular flexibility index (Phi) is 6.73. The second-order valence-electron chi connectivity index (χ2n) is 12.2. The van der Waals surface area contributed by atoms with Gasteiger partial charge in [0.25, 0.3) is 0 Å². The summed E-state index contributed by atoms with van der Waals surface area (Å²) in [6, 6.07) is 6.78. The van der Waals surface area contributed by atoms with Gasteiger partial charge in [0.1, 0.15) is 45.8 Å². The number of rotatable bonds is 5. The summed E-state index contributed by atoms with van der Waals surface area (Å²) in [5, 5.41) is 14.9. The molecule has 0 aliphatic carbocycles. The van der Waals surface area contributed by atoms with Crippen molar-refractivity contribution in [2.75, 3.05) is 19.3 Å². The standard InChI is InChI=1S/C31H37N3O7/c1-16-11-20(35)26-21(38-16)14-22-25(27(26)36)19-12-18(15-33-4)7-9-31(29(37)39-28(19)30(2,3)40-22)23(41-31)6-5-17-8-10-34-24(32)13-17/h8,10-11,13-14,18-19,23,28,33,36H,5-7,9,12,15H2,1-4H3,(H2,32,34)/t18-,19+,23-,28-,31-/m1/s1. The molecule has 2 fully saturated rings. The van der Waals surface area contributed by atoms with E-state index in [0.29, 0.717) is 55.1 Å². The molecule has 6 rings (SSSR count). The van der Waals surface area contributed by atoms with Crippen LogP contribution >= 0.6 is 0 Å². The third kappa shape index (κ3) is 4.82. The average Bonchev–Trinajstić information content (AvgIpc) is 3.60. The average molecular weight is 564 g/mol. The molecule has 3 aliphatic rings. The third-order valence-electron chi connectivity index (χ3n) is 8.85. The largest absolute Gasteiger partial charge is 0.507 e. The van der Waals surface area contributed by atoms with E-state index >= 15 is 0 Å². The fourth-order valence-corrected chi connectivity index (χ4v) is 6.85. The highest BCUT2D eigenvalue weighted by atomic mass is 16.7. The number of aromatic hydroxyl groups is 1. The van der Waals surface area contributed by atoms with Gasteiger partial charge in [-0.05, 0) is 90.1 Å². The van der Waals surface area contributed by atoms with Crippen molar-refractivity contribution in [3.8, 4) is 11.5 Å². The van der Waals surface area contributed by atoms with E-state index in [4.69, 9.17) is 24.4 Å². The van der Waals surface area contributed by atoms with Crippen LogP contribution in [0.5, 0.6) is 11.5 Å². The van der Waals surface area contributed by atoms with Crippen LogP contribution in [0.15, 0.2) is 39.7 Å². The summed E-state index contributed by atoms with van der Waals surface area (Å²) in [4.78, 5) is 30.9. The van der Waals surface area contributed by atoms with Gasteiger partial charge in [0.15, 0.2) is 11.0 Å². The predicted molar refractivity (Wildman–Crippen MR) is 152 cm³/mol. The zero-order chi connectivity index (χ0) is 29.1. The number of anilines is 1. The van der Waals surface area contributed by atoms with E-state index in [2.05, 4.69) is 10.3 Å².